The molecular weight excluding hydrogens is 339 g/mol. The summed E-state index contributed by atoms with van der Waals surface area (Å²) in [6.45, 7) is 0.303. The van der Waals surface area contributed by atoms with Crippen LogP contribution in [-0.4, -0.2) is 18.2 Å². The highest BCUT2D eigenvalue weighted by Gasteiger charge is 2.06. The van der Waals surface area contributed by atoms with Crippen LogP contribution in [0.5, 0.6) is 11.5 Å². The van der Waals surface area contributed by atoms with Gasteiger partial charge in [0.15, 0.2) is 11.5 Å². The third kappa shape index (κ3) is 4.91. The maximum absolute atomic E-state index is 10.5. The molecule has 0 unspecified atom stereocenters. The van der Waals surface area contributed by atoms with Crippen LogP contribution < -0.4 is 9.47 Å². The fourth-order valence-electron chi connectivity index (χ4n) is 1.87. The van der Waals surface area contributed by atoms with Crippen LogP contribution >= 0.6 is 23.2 Å². The number of hydrogen-bond acceptors (Lipinski definition) is 3. The standard InChI is InChI=1S/C17H14Cl2O4/c1-22-16-9-11(4-7-17(20)21)3-6-15(16)23-10-12-2-5-13(18)14(19)8-12/h2-9H,10H2,1H3,(H,20,21)/b7-4+. The van der Waals surface area contributed by atoms with Crippen LogP contribution in [0.1, 0.15) is 11.1 Å². The Morgan fingerprint density at radius 3 is 2.57 bits per heavy atom. The average molecular weight is 353 g/mol. The lowest BCUT2D eigenvalue weighted by molar-refractivity contribution is -0.131. The first-order valence-corrected chi connectivity index (χ1v) is 7.41. The lowest BCUT2D eigenvalue weighted by Crippen LogP contribution is -1.98. The number of ether oxygens (including phenoxy) is 2. The number of rotatable bonds is 6. The Balaban J connectivity index is 2.12. The lowest BCUT2D eigenvalue weighted by Gasteiger charge is -2.12. The van der Waals surface area contributed by atoms with E-state index >= 15 is 0 Å². The molecule has 0 fully saturated rings. The Morgan fingerprint density at radius 2 is 1.91 bits per heavy atom. The van der Waals surface area contributed by atoms with Crippen LogP contribution in [0.2, 0.25) is 10.0 Å². The van der Waals surface area contributed by atoms with Crippen LogP contribution in [0, 0.1) is 0 Å². The zero-order chi connectivity index (χ0) is 16.8. The fourth-order valence-corrected chi connectivity index (χ4v) is 2.19. The number of carbonyl (C=O) groups is 1. The van der Waals surface area contributed by atoms with E-state index in [0.717, 1.165) is 11.6 Å². The van der Waals surface area contributed by atoms with Gasteiger partial charge in [0.25, 0.3) is 0 Å². The lowest BCUT2D eigenvalue weighted by atomic mass is 10.2. The second kappa shape index (κ2) is 7.90. The monoisotopic (exact) mass is 352 g/mol. The molecule has 0 aliphatic rings. The van der Waals surface area contributed by atoms with E-state index < -0.39 is 5.97 Å². The van der Waals surface area contributed by atoms with E-state index in [1.807, 2.05) is 6.07 Å². The van der Waals surface area contributed by atoms with Crippen molar-refractivity contribution in [2.75, 3.05) is 7.11 Å². The number of carboxylic acid groups (broad SMARTS) is 1. The zero-order valence-electron chi connectivity index (χ0n) is 12.3. The third-order valence-electron chi connectivity index (χ3n) is 2.98. The van der Waals surface area contributed by atoms with E-state index in [2.05, 4.69) is 0 Å². The minimum Gasteiger partial charge on any atom is -0.493 e. The molecule has 0 bridgehead atoms. The molecule has 2 aromatic rings. The molecule has 0 heterocycles. The summed E-state index contributed by atoms with van der Waals surface area (Å²) in [6, 6.07) is 10.4. The number of methoxy groups -OCH3 is 1. The van der Waals surface area contributed by atoms with Crippen molar-refractivity contribution >= 4 is 35.2 Å². The minimum atomic E-state index is -1.01. The number of carboxylic acids is 1. The minimum absolute atomic E-state index is 0.303. The van der Waals surface area contributed by atoms with Gasteiger partial charge in [-0.05, 0) is 41.5 Å². The van der Waals surface area contributed by atoms with Gasteiger partial charge in [0.1, 0.15) is 6.61 Å². The second-order valence-electron chi connectivity index (χ2n) is 4.62. The van der Waals surface area contributed by atoms with Gasteiger partial charge >= 0.3 is 5.97 Å². The summed E-state index contributed by atoms with van der Waals surface area (Å²) in [5.41, 5.74) is 1.57. The predicted molar refractivity (Wildman–Crippen MR) is 90.5 cm³/mol. The molecule has 0 atom stereocenters. The molecular formula is C17H14Cl2O4. The summed E-state index contributed by atoms with van der Waals surface area (Å²) in [5.74, 6) is 0.0487. The Hall–Kier alpha value is -2.17. The van der Waals surface area contributed by atoms with E-state index in [4.69, 9.17) is 37.8 Å². The van der Waals surface area contributed by atoms with Crippen molar-refractivity contribution in [3.05, 3.63) is 63.6 Å². The summed E-state index contributed by atoms with van der Waals surface area (Å²) in [4.78, 5) is 10.5. The quantitative estimate of drug-likeness (QED) is 0.767. The van der Waals surface area contributed by atoms with Crippen molar-refractivity contribution in [3.63, 3.8) is 0 Å². The first-order valence-electron chi connectivity index (χ1n) is 6.65. The number of hydrogen-bond donors (Lipinski definition) is 1. The summed E-state index contributed by atoms with van der Waals surface area (Å²) in [6.07, 6.45) is 2.54. The molecule has 0 saturated carbocycles. The van der Waals surface area contributed by atoms with Crippen LogP contribution in [0.4, 0.5) is 0 Å². The fraction of sp³-hybridized carbons (Fsp3) is 0.118. The molecule has 2 aromatic carbocycles. The smallest absolute Gasteiger partial charge is 0.328 e. The molecule has 0 aliphatic carbocycles. The Bertz CT molecular complexity index is 741. The molecule has 2 rings (SSSR count). The molecule has 0 radical (unpaired) electrons. The van der Waals surface area contributed by atoms with Gasteiger partial charge in [-0.1, -0.05) is 35.3 Å². The van der Waals surface area contributed by atoms with E-state index in [-0.39, 0.29) is 0 Å². The van der Waals surface area contributed by atoms with Crippen LogP contribution in [-0.2, 0) is 11.4 Å². The maximum Gasteiger partial charge on any atom is 0.328 e. The Morgan fingerprint density at radius 1 is 1.13 bits per heavy atom. The van der Waals surface area contributed by atoms with Gasteiger partial charge in [0.05, 0.1) is 17.2 Å². The largest absolute Gasteiger partial charge is 0.493 e. The predicted octanol–water partition coefficient (Wildman–Crippen LogP) is 4.68. The topological polar surface area (TPSA) is 55.8 Å². The molecule has 0 spiro atoms. The molecule has 120 valence electrons. The summed E-state index contributed by atoms with van der Waals surface area (Å²) < 4.78 is 11.0. The van der Waals surface area contributed by atoms with Crippen molar-refractivity contribution in [3.8, 4) is 11.5 Å². The van der Waals surface area contributed by atoms with Gasteiger partial charge in [-0.15, -0.1) is 0 Å². The molecule has 0 saturated heterocycles. The van der Waals surface area contributed by atoms with Crippen molar-refractivity contribution in [1.29, 1.82) is 0 Å². The van der Waals surface area contributed by atoms with Gasteiger partial charge in [-0.3, -0.25) is 0 Å². The molecule has 0 aromatic heterocycles. The number of halogens is 2. The van der Waals surface area contributed by atoms with Crippen LogP contribution in [0.25, 0.3) is 6.08 Å². The van der Waals surface area contributed by atoms with Crippen LogP contribution in [0.3, 0.4) is 0 Å². The van der Waals surface area contributed by atoms with Gasteiger partial charge in [-0.25, -0.2) is 4.79 Å². The molecule has 0 amide bonds. The normalized spacial score (nSPS) is 10.7. The first kappa shape index (κ1) is 17.2. The van der Waals surface area contributed by atoms with E-state index in [1.165, 1.54) is 13.2 Å². The highest BCUT2D eigenvalue weighted by atomic mass is 35.5. The van der Waals surface area contributed by atoms with Crippen molar-refractivity contribution < 1.29 is 19.4 Å². The molecule has 4 nitrogen and oxygen atoms in total. The summed E-state index contributed by atoms with van der Waals surface area (Å²) in [5, 5.41) is 9.60. The van der Waals surface area contributed by atoms with Crippen molar-refractivity contribution in [2.45, 2.75) is 6.61 Å². The summed E-state index contributed by atoms with van der Waals surface area (Å²) in [7, 11) is 1.52. The van der Waals surface area contributed by atoms with E-state index in [9.17, 15) is 4.79 Å². The highest BCUT2D eigenvalue weighted by molar-refractivity contribution is 6.42. The van der Waals surface area contributed by atoms with Gasteiger partial charge in [-0.2, -0.15) is 0 Å². The Kier molecular flexibility index (Phi) is 5.90. The number of aliphatic carboxylic acids is 1. The van der Waals surface area contributed by atoms with Crippen molar-refractivity contribution in [1.82, 2.24) is 0 Å². The van der Waals surface area contributed by atoms with Gasteiger partial charge < -0.3 is 14.6 Å². The molecule has 0 aliphatic heterocycles. The third-order valence-corrected chi connectivity index (χ3v) is 3.72. The first-order chi connectivity index (χ1) is 11.0. The van der Waals surface area contributed by atoms with Crippen LogP contribution in [0.15, 0.2) is 42.5 Å². The second-order valence-corrected chi connectivity index (χ2v) is 5.43. The number of benzene rings is 2. The molecule has 6 heteroatoms. The van der Waals surface area contributed by atoms with Gasteiger partial charge in [0.2, 0.25) is 0 Å². The average Bonchev–Trinajstić information content (AvgIpc) is 2.54. The molecule has 1 N–H and O–H groups in total. The highest BCUT2D eigenvalue weighted by Crippen LogP contribution is 2.30. The van der Waals surface area contributed by atoms with E-state index in [0.29, 0.717) is 33.7 Å². The van der Waals surface area contributed by atoms with E-state index in [1.54, 1.807) is 30.3 Å². The Labute approximate surface area is 143 Å². The zero-order valence-corrected chi connectivity index (χ0v) is 13.8. The van der Waals surface area contributed by atoms with Crippen molar-refractivity contribution in [2.24, 2.45) is 0 Å². The molecule has 23 heavy (non-hydrogen) atoms. The SMILES string of the molecule is COc1cc(/C=C/C(=O)O)ccc1OCc1ccc(Cl)c(Cl)c1. The van der Waals surface area contributed by atoms with Gasteiger partial charge in [0, 0.05) is 6.08 Å². The maximum atomic E-state index is 10.5. The summed E-state index contributed by atoms with van der Waals surface area (Å²) >= 11 is 11.8.